The highest BCUT2D eigenvalue weighted by Gasteiger charge is 2.38. The van der Waals surface area contributed by atoms with Crippen molar-refractivity contribution in [2.24, 2.45) is 0 Å². The van der Waals surface area contributed by atoms with Crippen molar-refractivity contribution in [3.05, 3.63) is 69.8 Å². The van der Waals surface area contributed by atoms with E-state index in [1.54, 1.807) is 0 Å². The van der Waals surface area contributed by atoms with Crippen molar-refractivity contribution in [1.82, 2.24) is 9.80 Å². The number of fused-ring (bicyclic) bond motifs is 2. The standard InChI is InChI=1S/C26H12F4N2O4/c1-31-23(33)7-3-11(27)17-19-13(29)5-9-16-10(26(36)32(2)25(9)35)6-14(30)20(22(16)19)18-12(28)4-8(24(31)34)15(7)21(17)18/h3-6,23,33H,1-2H3. The van der Waals surface area contributed by atoms with Crippen molar-refractivity contribution < 1.29 is 37.1 Å². The van der Waals surface area contributed by atoms with Crippen molar-refractivity contribution in [1.29, 1.82) is 0 Å². The number of nitrogens with zero attached hydrogens (tertiary/aromatic N) is 2. The fourth-order valence-electron chi connectivity index (χ4n) is 5.82. The molecule has 1 atom stereocenters. The Morgan fingerprint density at radius 3 is 1.44 bits per heavy atom. The first-order valence-corrected chi connectivity index (χ1v) is 10.8. The number of hydrogen-bond donors (Lipinski definition) is 1. The molecule has 0 saturated heterocycles. The highest BCUT2D eigenvalue weighted by molar-refractivity contribution is 6.39. The number of carbonyl (C=O) groups is 3. The normalized spacial score (nSPS) is 17.6. The molecule has 0 bridgehead atoms. The van der Waals surface area contributed by atoms with Crippen molar-refractivity contribution in [2.45, 2.75) is 6.23 Å². The van der Waals surface area contributed by atoms with Gasteiger partial charge in [-0.1, -0.05) is 0 Å². The van der Waals surface area contributed by atoms with Crippen molar-refractivity contribution in [2.75, 3.05) is 14.1 Å². The highest BCUT2D eigenvalue weighted by Crippen LogP contribution is 2.50. The molecular weight excluding hydrogens is 480 g/mol. The van der Waals surface area contributed by atoms with Crippen LogP contribution in [-0.4, -0.2) is 46.7 Å². The number of carbonyl (C=O) groups excluding carboxylic acids is 3. The minimum Gasteiger partial charge on any atom is -0.369 e. The summed E-state index contributed by atoms with van der Waals surface area (Å²) in [5.41, 5.74) is -0.748. The van der Waals surface area contributed by atoms with E-state index in [4.69, 9.17) is 0 Å². The molecule has 5 aromatic carbocycles. The molecule has 0 radical (unpaired) electrons. The lowest BCUT2D eigenvalue weighted by Gasteiger charge is -2.32. The van der Waals surface area contributed by atoms with Crippen LogP contribution in [0, 0.1) is 23.3 Å². The first-order valence-electron chi connectivity index (χ1n) is 10.8. The van der Waals surface area contributed by atoms with E-state index in [0.29, 0.717) is 4.90 Å². The molecule has 1 N–H and O–H groups in total. The third-order valence-electron chi connectivity index (χ3n) is 7.41. The van der Waals surface area contributed by atoms with Crippen LogP contribution >= 0.6 is 0 Å². The van der Waals surface area contributed by atoms with Crippen LogP contribution in [0.15, 0.2) is 24.3 Å². The summed E-state index contributed by atoms with van der Waals surface area (Å²) >= 11 is 0. The number of aliphatic hydroxyl groups excluding tert-OH is 1. The van der Waals surface area contributed by atoms with Crippen LogP contribution in [0.2, 0.25) is 0 Å². The maximum Gasteiger partial charge on any atom is 0.261 e. The summed E-state index contributed by atoms with van der Waals surface area (Å²) in [7, 11) is 2.42. The third-order valence-corrected chi connectivity index (χ3v) is 7.41. The molecule has 2 aliphatic heterocycles. The minimum atomic E-state index is -1.58. The van der Waals surface area contributed by atoms with E-state index in [1.807, 2.05) is 0 Å². The van der Waals surface area contributed by atoms with Gasteiger partial charge in [-0.15, -0.1) is 0 Å². The lowest BCUT2D eigenvalue weighted by atomic mass is 9.81. The van der Waals surface area contributed by atoms with Crippen LogP contribution in [0.25, 0.3) is 43.1 Å². The van der Waals surface area contributed by atoms with Crippen LogP contribution in [0.5, 0.6) is 0 Å². The fraction of sp³-hybridized carbons (Fsp3) is 0.115. The number of hydrogen-bond acceptors (Lipinski definition) is 4. The zero-order valence-corrected chi connectivity index (χ0v) is 18.5. The highest BCUT2D eigenvalue weighted by atomic mass is 19.1. The summed E-state index contributed by atoms with van der Waals surface area (Å²) in [4.78, 5) is 40.1. The molecule has 0 aliphatic carbocycles. The quantitative estimate of drug-likeness (QED) is 0.148. The first kappa shape index (κ1) is 21.0. The Morgan fingerprint density at radius 1 is 0.583 bits per heavy atom. The second kappa shape index (κ2) is 6.27. The van der Waals surface area contributed by atoms with Crippen molar-refractivity contribution in [3.8, 4) is 0 Å². The number of rotatable bonds is 0. The summed E-state index contributed by atoms with van der Waals surface area (Å²) in [6.45, 7) is 0. The third kappa shape index (κ3) is 2.11. The van der Waals surface area contributed by atoms with Gasteiger partial charge in [-0.2, -0.15) is 0 Å². The van der Waals surface area contributed by atoms with Crippen LogP contribution < -0.4 is 0 Å². The molecule has 7 rings (SSSR count). The number of imide groups is 1. The lowest BCUT2D eigenvalue weighted by molar-refractivity contribution is 0.0172. The Balaban J connectivity index is 1.88. The van der Waals surface area contributed by atoms with Crippen molar-refractivity contribution in [3.63, 3.8) is 0 Å². The zero-order chi connectivity index (χ0) is 25.5. The lowest BCUT2D eigenvalue weighted by Crippen LogP contribution is -2.37. The molecule has 10 heteroatoms. The molecule has 3 amide bonds. The number of amides is 3. The van der Waals surface area contributed by atoms with Crippen LogP contribution in [0.3, 0.4) is 0 Å². The molecule has 5 aromatic rings. The number of benzene rings is 5. The van der Waals surface area contributed by atoms with Gasteiger partial charge in [0.15, 0.2) is 6.23 Å². The Morgan fingerprint density at radius 2 is 0.972 bits per heavy atom. The SMILES string of the molecule is CN1C(=O)c2cc(F)c3c4c(F)cc5c6c(cc(F)c(c7c(F)cc(c2c37)C1=O)c64)C(O)N(C)C5=O. The van der Waals surface area contributed by atoms with E-state index in [1.165, 1.54) is 14.1 Å². The summed E-state index contributed by atoms with van der Waals surface area (Å²) < 4.78 is 62.9. The number of aliphatic hydroxyl groups is 1. The van der Waals surface area contributed by atoms with E-state index in [2.05, 4.69) is 0 Å². The Hall–Kier alpha value is -4.31. The van der Waals surface area contributed by atoms with Crippen LogP contribution in [-0.2, 0) is 0 Å². The minimum absolute atomic E-state index is 0.0249. The predicted molar refractivity (Wildman–Crippen MR) is 121 cm³/mol. The average molecular weight is 492 g/mol. The molecule has 0 fully saturated rings. The zero-order valence-electron chi connectivity index (χ0n) is 18.5. The molecule has 178 valence electrons. The van der Waals surface area contributed by atoms with Gasteiger partial charge in [0.05, 0.1) is 16.7 Å². The van der Waals surface area contributed by atoms with Gasteiger partial charge in [-0.25, -0.2) is 17.6 Å². The summed E-state index contributed by atoms with van der Waals surface area (Å²) in [5.74, 6) is -6.74. The van der Waals surface area contributed by atoms with Crippen molar-refractivity contribution >= 4 is 60.8 Å². The monoisotopic (exact) mass is 492 g/mol. The maximum absolute atomic E-state index is 15.7. The first-order chi connectivity index (χ1) is 17.0. The molecule has 36 heavy (non-hydrogen) atoms. The summed E-state index contributed by atoms with van der Waals surface area (Å²) in [6.07, 6.45) is -1.58. The number of halogens is 4. The molecule has 2 heterocycles. The molecular formula is C26H12F4N2O4. The fourth-order valence-corrected chi connectivity index (χ4v) is 5.82. The van der Waals surface area contributed by atoms with Gasteiger partial charge < -0.3 is 10.0 Å². The van der Waals surface area contributed by atoms with Crippen LogP contribution in [0.4, 0.5) is 17.6 Å². The van der Waals surface area contributed by atoms with Gasteiger partial charge in [0.2, 0.25) is 0 Å². The van der Waals surface area contributed by atoms with Crippen LogP contribution in [0.1, 0.15) is 42.9 Å². The van der Waals surface area contributed by atoms with Gasteiger partial charge in [0.1, 0.15) is 23.3 Å². The van der Waals surface area contributed by atoms with Gasteiger partial charge >= 0.3 is 0 Å². The summed E-state index contributed by atoms with van der Waals surface area (Å²) in [5, 5.41) is 8.15. The molecule has 0 aromatic heterocycles. The Bertz CT molecular complexity index is 1870. The Kier molecular flexibility index (Phi) is 3.66. The molecule has 6 nitrogen and oxygen atoms in total. The smallest absolute Gasteiger partial charge is 0.261 e. The van der Waals surface area contributed by atoms with Gasteiger partial charge in [0, 0.05) is 62.7 Å². The van der Waals surface area contributed by atoms with Gasteiger partial charge in [-0.3, -0.25) is 19.3 Å². The molecule has 1 unspecified atom stereocenters. The Labute approximate surface area is 198 Å². The van der Waals surface area contributed by atoms with E-state index < -0.39 is 68.8 Å². The van der Waals surface area contributed by atoms with E-state index >= 15 is 17.6 Å². The van der Waals surface area contributed by atoms with Gasteiger partial charge in [0.25, 0.3) is 17.7 Å². The largest absolute Gasteiger partial charge is 0.369 e. The topological polar surface area (TPSA) is 77.9 Å². The maximum atomic E-state index is 15.7. The molecule has 0 spiro atoms. The predicted octanol–water partition coefficient (Wildman–Crippen LogP) is 4.60. The molecule has 0 saturated carbocycles. The van der Waals surface area contributed by atoms with Gasteiger partial charge in [-0.05, 0) is 24.3 Å². The van der Waals surface area contributed by atoms with E-state index in [9.17, 15) is 19.5 Å². The second-order valence-corrected chi connectivity index (χ2v) is 9.12. The van der Waals surface area contributed by atoms with E-state index in [0.717, 1.165) is 29.2 Å². The summed E-state index contributed by atoms with van der Waals surface area (Å²) in [6, 6.07) is 3.49. The second-order valence-electron chi connectivity index (χ2n) is 9.12. The van der Waals surface area contributed by atoms with E-state index in [-0.39, 0.29) is 43.8 Å². The average Bonchev–Trinajstić information content (AvgIpc) is 2.84. The molecule has 2 aliphatic rings.